The summed E-state index contributed by atoms with van der Waals surface area (Å²) in [5, 5.41) is -1.11. The summed E-state index contributed by atoms with van der Waals surface area (Å²) >= 11 is 0. The highest BCUT2D eigenvalue weighted by Gasteiger charge is 2.33. The molecule has 0 saturated carbocycles. The molecule has 1 aromatic carbocycles. The van der Waals surface area contributed by atoms with Crippen LogP contribution in [-0.4, -0.2) is 26.7 Å². The molecule has 0 radical (unpaired) electrons. The van der Waals surface area contributed by atoms with Gasteiger partial charge in [0.1, 0.15) is 0 Å². The summed E-state index contributed by atoms with van der Waals surface area (Å²) in [5.41, 5.74) is 0. The van der Waals surface area contributed by atoms with Crippen molar-refractivity contribution in [3.8, 4) is 0 Å². The van der Waals surface area contributed by atoms with Gasteiger partial charge in [-0.2, -0.15) is 0 Å². The fraction of sp³-hybridized carbons (Fsp3) is 0.417. The van der Waals surface area contributed by atoms with Crippen molar-refractivity contribution in [1.29, 1.82) is 0 Å². The fourth-order valence-corrected chi connectivity index (χ4v) is 3.12. The van der Waals surface area contributed by atoms with E-state index in [-0.39, 0.29) is 4.90 Å². The van der Waals surface area contributed by atoms with Gasteiger partial charge in [-0.15, -0.1) is 0 Å². The maximum atomic E-state index is 13.1. The maximum Gasteiger partial charge on any atom is 0.309 e. The number of ether oxygens (including phenoxy) is 1. The molecule has 106 valence electrons. The Morgan fingerprint density at radius 1 is 1.21 bits per heavy atom. The summed E-state index contributed by atoms with van der Waals surface area (Å²) < 4.78 is 54.6. The van der Waals surface area contributed by atoms with Crippen molar-refractivity contribution in [2.75, 3.05) is 7.11 Å². The molecule has 0 spiro atoms. The molecule has 4 nitrogen and oxygen atoms in total. The topological polar surface area (TPSA) is 60.4 Å². The summed E-state index contributed by atoms with van der Waals surface area (Å²) in [6.07, 6.45) is 0. The largest absolute Gasteiger partial charge is 0.469 e. The van der Waals surface area contributed by atoms with Crippen molar-refractivity contribution in [2.45, 2.75) is 24.0 Å². The number of rotatable bonds is 4. The molecule has 19 heavy (non-hydrogen) atoms. The summed E-state index contributed by atoms with van der Waals surface area (Å²) in [7, 11) is -2.79. The van der Waals surface area contributed by atoms with Crippen LogP contribution in [0.3, 0.4) is 0 Å². The van der Waals surface area contributed by atoms with E-state index in [1.165, 1.54) is 13.8 Å². The second-order valence-corrected chi connectivity index (χ2v) is 6.44. The second-order valence-electron chi connectivity index (χ2n) is 4.14. The molecule has 0 aliphatic rings. The average Bonchev–Trinajstić information content (AvgIpc) is 2.38. The number of hydrogen-bond donors (Lipinski definition) is 0. The summed E-state index contributed by atoms with van der Waals surface area (Å²) in [5.74, 6) is -3.98. The molecule has 0 fully saturated rings. The highest BCUT2D eigenvalue weighted by atomic mass is 32.2. The summed E-state index contributed by atoms with van der Waals surface area (Å²) in [6, 6.07) is 2.30. The van der Waals surface area contributed by atoms with Gasteiger partial charge < -0.3 is 4.74 Å². The van der Waals surface area contributed by atoms with Gasteiger partial charge in [0.15, 0.2) is 21.5 Å². The minimum atomic E-state index is -3.94. The number of carbonyl (C=O) groups excluding carboxylic acids is 1. The van der Waals surface area contributed by atoms with Crippen LogP contribution in [0.4, 0.5) is 8.78 Å². The van der Waals surface area contributed by atoms with Gasteiger partial charge >= 0.3 is 5.97 Å². The third-order valence-electron chi connectivity index (χ3n) is 2.99. The van der Waals surface area contributed by atoms with Crippen LogP contribution in [0.15, 0.2) is 23.1 Å². The monoisotopic (exact) mass is 292 g/mol. The van der Waals surface area contributed by atoms with Crippen LogP contribution in [-0.2, 0) is 19.4 Å². The van der Waals surface area contributed by atoms with Crippen molar-refractivity contribution < 1.29 is 26.7 Å². The van der Waals surface area contributed by atoms with Gasteiger partial charge in [0.05, 0.1) is 23.2 Å². The van der Waals surface area contributed by atoms with Gasteiger partial charge in [0, 0.05) is 0 Å². The predicted octanol–water partition coefficient (Wildman–Crippen LogP) is 1.94. The van der Waals surface area contributed by atoms with E-state index in [4.69, 9.17) is 0 Å². The Bertz CT molecular complexity index is 583. The average molecular weight is 292 g/mol. The number of methoxy groups -OCH3 is 1. The van der Waals surface area contributed by atoms with Crippen LogP contribution in [0.2, 0.25) is 0 Å². The zero-order chi connectivity index (χ0) is 14.8. The third-order valence-corrected chi connectivity index (χ3v) is 5.28. The second kappa shape index (κ2) is 5.64. The van der Waals surface area contributed by atoms with Crippen LogP contribution in [0, 0.1) is 17.6 Å². The standard InChI is InChI=1S/C12H14F2O4S/c1-7(12(15)18-3)8(2)19(16,17)9-4-5-10(13)11(14)6-9/h4-8H,1-3H3. The summed E-state index contributed by atoms with van der Waals surface area (Å²) in [6.45, 7) is 2.71. The molecule has 1 rings (SSSR count). The van der Waals surface area contributed by atoms with E-state index in [9.17, 15) is 22.0 Å². The van der Waals surface area contributed by atoms with Gasteiger partial charge in [-0.25, -0.2) is 17.2 Å². The van der Waals surface area contributed by atoms with Gasteiger partial charge in [-0.1, -0.05) is 6.92 Å². The van der Waals surface area contributed by atoms with Crippen LogP contribution >= 0.6 is 0 Å². The SMILES string of the molecule is COC(=O)C(C)C(C)S(=O)(=O)c1ccc(F)c(F)c1. The van der Waals surface area contributed by atoms with Gasteiger partial charge in [0.2, 0.25) is 0 Å². The molecule has 0 amide bonds. The summed E-state index contributed by atoms with van der Waals surface area (Å²) in [4.78, 5) is 11.0. The van der Waals surface area contributed by atoms with Gasteiger partial charge in [-0.05, 0) is 25.1 Å². The normalized spacial score (nSPS) is 14.8. The quantitative estimate of drug-likeness (QED) is 0.628. The highest BCUT2D eigenvalue weighted by Crippen LogP contribution is 2.23. The Morgan fingerprint density at radius 3 is 2.26 bits per heavy atom. The van der Waals surface area contributed by atoms with Crippen molar-refractivity contribution >= 4 is 15.8 Å². The number of sulfone groups is 1. The molecule has 0 aliphatic heterocycles. The highest BCUT2D eigenvalue weighted by molar-refractivity contribution is 7.92. The Hall–Kier alpha value is -1.50. The lowest BCUT2D eigenvalue weighted by molar-refractivity contribution is -0.144. The number of hydrogen-bond acceptors (Lipinski definition) is 4. The Labute approximate surface area is 110 Å². The van der Waals surface area contributed by atoms with Crippen molar-refractivity contribution in [3.63, 3.8) is 0 Å². The van der Waals surface area contributed by atoms with Crippen LogP contribution in [0.1, 0.15) is 13.8 Å². The van der Waals surface area contributed by atoms with Gasteiger partial charge in [0.25, 0.3) is 0 Å². The van der Waals surface area contributed by atoms with Gasteiger partial charge in [-0.3, -0.25) is 4.79 Å². The zero-order valence-electron chi connectivity index (χ0n) is 10.7. The van der Waals surface area contributed by atoms with Crippen molar-refractivity contribution in [2.24, 2.45) is 5.92 Å². The van der Waals surface area contributed by atoms with E-state index in [1.807, 2.05) is 0 Å². The number of benzene rings is 1. The maximum absolute atomic E-state index is 13.1. The van der Waals surface area contributed by atoms with Crippen molar-refractivity contribution in [1.82, 2.24) is 0 Å². The third kappa shape index (κ3) is 3.09. The lowest BCUT2D eigenvalue weighted by Crippen LogP contribution is -2.31. The van der Waals surface area contributed by atoms with Crippen molar-refractivity contribution in [3.05, 3.63) is 29.8 Å². The van der Waals surface area contributed by atoms with E-state index in [1.54, 1.807) is 0 Å². The molecule has 0 N–H and O–H groups in total. The molecule has 0 heterocycles. The first-order valence-corrected chi connectivity index (χ1v) is 7.03. The molecule has 2 unspecified atom stereocenters. The molecule has 0 aliphatic carbocycles. The van der Waals surface area contributed by atoms with E-state index >= 15 is 0 Å². The molecular weight excluding hydrogens is 278 g/mol. The predicted molar refractivity (Wildman–Crippen MR) is 64.2 cm³/mol. The smallest absolute Gasteiger partial charge is 0.309 e. The Balaban J connectivity index is 3.16. The lowest BCUT2D eigenvalue weighted by Gasteiger charge is -2.18. The molecule has 0 aromatic heterocycles. The first-order chi connectivity index (χ1) is 8.71. The Kier molecular flexibility index (Phi) is 4.62. The fourth-order valence-electron chi connectivity index (χ4n) is 1.51. The first-order valence-electron chi connectivity index (χ1n) is 5.48. The molecule has 1 aromatic rings. The minimum Gasteiger partial charge on any atom is -0.469 e. The first kappa shape index (κ1) is 15.6. The van der Waals surface area contributed by atoms with E-state index in [0.717, 1.165) is 19.2 Å². The van der Waals surface area contributed by atoms with Crippen LogP contribution < -0.4 is 0 Å². The van der Waals surface area contributed by atoms with E-state index < -0.39 is 38.6 Å². The van der Waals surface area contributed by atoms with E-state index in [0.29, 0.717) is 6.07 Å². The molecule has 2 atom stereocenters. The molecule has 0 saturated heterocycles. The molecule has 7 heteroatoms. The number of halogens is 2. The molecular formula is C12H14F2O4S. The van der Waals surface area contributed by atoms with Crippen LogP contribution in [0.5, 0.6) is 0 Å². The lowest BCUT2D eigenvalue weighted by atomic mass is 10.1. The molecule has 0 bridgehead atoms. The van der Waals surface area contributed by atoms with Crippen LogP contribution in [0.25, 0.3) is 0 Å². The Morgan fingerprint density at radius 2 is 1.79 bits per heavy atom. The number of esters is 1. The van der Waals surface area contributed by atoms with E-state index in [2.05, 4.69) is 4.74 Å². The number of carbonyl (C=O) groups is 1. The minimum absolute atomic E-state index is 0.366. The zero-order valence-corrected chi connectivity index (χ0v) is 11.5.